The van der Waals surface area contributed by atoms with E-state index in [1.165, 1.54) is 0 Å². The van der Waals surface area contributed by atoms with Crippen LogP contribution in [0.1, 0.15) is 23.2 Å². The van der Waals surface area contributed by atoms with Crippen LogP contribution in [-0.4, -0.2) is 38.0 Å². The topological polar surface area (TPSA) is 65.5 Å². The Morgan fingerprint density at radius 3 is 2.48 bits per heavy atom. The average molecular weight is 286 g/mol. The number of hydrogen-bond acceptors (Lipinski definition) is 2. The summed E-state index contributed by atoms with van der Waals surface area (Å²) < 4.78 is 0. The first kappa shape index (κ1) is 15.1. The summed E-state index contributed by atoms with van der Waals surface area (Å²) >= 11 is 0. The highest BCUT2D eigenvalue weighted by Crippen LogP contribution is 2.08. The van der Waals surface area contributed by atoms with Crippen LogP contribution >= 0.6 is 0 Å². The van der Waals surface area contributed by atoms with Crippen molar-refractivity contribution < 1.29 is 4.79 Å². The fraction of sp³-hybridized carbons (Fsp3) is 0.375. The Morgan fingerprint density at radius 1 is 1.14 bits per heavy atom. The third-order valence-electron chi connectivity index (χ3n) is 3.31. The molecule has 1 amide bonds. The lowest BCUT2D eigenvalue weighted by Crippen LogP contribution is -2.45. The summed E-state index contributed by atoms with van der Waals surface area (Å²) in [6, 6.07) is 9.64. The minimum absolute atomic E-state index is 0.0552. The van der Waals surface area contributed by atoms with E-state index >= 15 is 0 Å². The molecule has 0 unspecified atom stereocenters. The predicted octanol–water partition coefficient (Wildman–Crippen LogP) is 1.30. The second-order valence-corrected chi connectivity index (χ2v) is 4.90. The standard InChI is InChI=1S/C16H22N4O/c1-17-16(20-14-9-5-6-10-14)19-12-11-18-15(21)13-7-3-2-4-8-13/h2-8,14H,9-12H2,1H3,(H,18,21)(H2,17,19,20). The van der Waals surface area contributed by atoms with E-state index in [9.17, 15) is 4.79 Å². The molecule has 0 aliphatic heterocycles. The van der Waals surface area contributed by atoms with E-state index in [1.54, 1.807) is 19.2 Å². The monoisotopic (exact) mass is 286 g/mol. The fourth-order valence-electron chi connectivity index (χ4n) is 2.17. The molecule has 0 radical (unpaired) electrons. The quantitative estimate of drug-likeness (QED) is 0.331. The highest BCUT2D eigenvalue weighted by molar-refractivity contribution is 5.94. The van der Waals surface area contributed by atoms with Gasteiger partial charge in [0.1, 0.15) is 0 Å². The number of benzene rings is 1. The van der Waals surface area contributed by atoms with Gasteiger partial charge in [0.2, 0.25) is 0 Å². The van der Waals surface area contributed by atoms with E-state index in [0.717, 1.165) is 18.8 Å². The van der Waals surface area contributed by atoms with E-state index in [0.29, 0.717) is 24.7 Å². The molecule has 0 spiro atoms. The van der Waals surface area contributed by atoms with Crippen LogP contribution in [0.4, 0.5) is 0 Å². The number of aliphatic imine (C=N–C) groups is 1. The Hall–Kier alpha value is -2.30. The number of hydrogen-bond donors (Lipinski definition) is 3. The van der Waals surface area contributed by atoms with Gasteiger partial charge in [-0.15, -0.1) is 0 Å². The molecule has 5 nitrogen and oxygen atoms in total. The molecule has 0 fully saturated rings. The van der Waals surface area contributed by atoms with E-state index in [1.807, 2.05) is 18.2 Å². The molecular weight excluding hydrogens is 264 g/mol. The lowest BCUT2D eigenvalue weighted by molar-refractivity contribution is 0.0954. The van der Waals surface area contributed by atoms with Crippen LogP contribution in [0.15, 0.2) is 47.5 Å². The third kappa shape index (κ3) is 4.95. The minimum atomic E-state index is -0.0552. The first-order valence-corrected chi connectivity index (χ1v) is 7.25. The Morgan fingerprint density at radius 2 is 1.81 bits per heavy atom. The number of nitrogens with zero attached hydrogens (tertiary/aromatic N) is 1. The molecule has 0 saturated heterocycles. The maximum Gasteiger partial charge on any atom is 0.251 e. The van der Waals surface area contributed by atoms with Crippen molar-refractivity contribution in [3.63, 3.8) is 0 Å². The van der Waals surface area contributed by atoms with Crippen molar-refractivity contribution >= 4 is 11.9 Å². The van der Waals surface area contributed by atoms with E-state index in [4.69, 9.17) is 0 Å². The molecule has 1 aromatic rings. The van der Waals surface area contributed by atoms with Crippen molar-refractivity contribution in [3.05, 3.63) is 48.0 Å². The molecule has 1 aliphatic rings. The van der Waals surface area contributed by atoms with Gasteiger partial charge >= 0.3 is 0 Å². The number of carbonyl (C=O) groups excluding carboxylic acids is 1. The molecule has 0 saturated carbocycles. The average Bonchev–Trinajstić information content (AvgIpc) is 3.04. The van der Waals surface area contributed by atoms with E-state index in [2.05, 4.69) is 33.1 Å². The molecule has 3 N–H and O–H groups in total. The zero-order valence-corrected chi connectivity index (χ0v) is 12.3. The van der Waals surface area contributed by atoms with Gasteiger partial charge in [-0.05, 0) is 25.0 Å². The smallest absolute Gasteiger partial charge is 0.251 e. The van der Waals surface area contributed by atoms with Gasteiger partial charge in [-0.25, -0.2) is 0 Å². The van der Waals surface area contributed by atoms with Crippen molar-refractivity contribution in [2.24, 2.45) is 4.99 Å². The molecule has 1 aliphatic carbocycles. The molecule has 21 heavy (non-hydrogen) atoms. The van der Waals surface area contributed by atoms with Crippen molar-refractivity contribution in [2.45, 2.75) is 18.9 Å². The number of amides is 1. The van der Waals surface area contributed by atoms with Crippen LogP contribution < -0.4 is 16.0 Å². The van der Waals surface area contributed by atoms with Crippen LogP contribution in [-0.2, 0) is 0 Å². The van der Waals surface area contributed by atoms with Gasteiger partial charge in [0.15, 0.2) is 5.96 Å². The second kappa shape index (κ2) is 8.09. The summed E-state index contributed by atoms with van der Waals surface area (Å²) in [5.41, 5.74) is 0.678. The summed E-state index contributed by atoms with van der Waals surface area (Å²) in [5, 5.41) is 9.42. The van der Waals surface area contributed by atoms with Gasteiger partial charge in [0.25, 0.3) is 5.91 Å². The van der Waals surface area contributed by atoms with Crippen LogP contribution in [0.2, 0.25) is 0 Å². The van der Waals surface area contributed by atoms with Gasteiger partial charge in [0, 0.05) is 31.7 Å². The molecule has 112 valence electrons. The number of carbonyl (C=O) groups is 1. The van der Waals surface area contributed by atoms with Gasteiger partial charge < -0.3 is 16.0 Å². The summed E-state index contributed by atoms with van der Waals surface area (Å²) in [4.78, 5) is 16.0. The molecule has 0 heterocycles. The van der Waals surface area contributed by atoms with Crippen LogP contribution in [0.25, 0.3) is 0 Å². The number of rotatable bonds is 5. The first-order valence-electron chi connectivity index (χ1n) is 7.25. The zero-order valence-electron chi connectivity index (χ0n) is 12.3. The number of guanidine groups is 1. The normalized spacial score (nSPS) is 15.0. The molecule has 2 rings (SSSR count). The zero-order chi connectivity index (χ0) is 14.9. The van der Waals surface area contributed by atoms with Gasteiger partial charge in [-0.1, -0.05) is 30.4 Å². The maximum atomic E-state index is 11.8. The Balaban J connectivity index is 1.65. The largest absolute Gasteiger partial charge is 0.355 e. The Bertz CT molecular complexity index is 502. The number of nitrogens with one attached hydrogen (secondary N) is 3. The molecule has 0 aromatic heterocycles. The van der Waals surface area contributed by atoms with Gasteiger partial charge in [-0.3, -0.25) is 9.79 Å². The maximum absolute atomic E-state index is 11.8. The molecule has 5 heteroatoms. The van der Waals surface area contributed by atoms with E-state index < -0.39 is 0 Å². The lowest BCUT2D eigenvalue weighted by atomic mass is 10.2. The molecule has 0 atom stereocenters. The summed E-state index contributed by atoms with van der Waals surface area (Å²) in [7, 11) is 1.75. The highest BCUT2D eigenvalue weighted by Gasteiger charge is 2.11. The Labute approximate surface area is 125 Å². The third-order valence-corrected chi connectivity index (χ3v) is 3.31. The molecule has 1 aromatic carbocycles. The molecule has 0 bridgehead atoms. The van der Waals surface area contributed by atoms with Crippen molar-refractivity contribution in [3.8, 4) is 0 Å². The van der Waals surface area contributed by atoms with Gasteiger partial charge in [-0.2, -0.15) is 0 Å². The summed E-state index contributed by atoms with van der Waals surface area (Å²) in [5.74, 6) is 0.720. The Kier molecular flexibility index (Phi) is 5.82. The summed E-state index contributed by atoms with van der Waals surface area (Å²) in [6.45, 7) is 1.19. The van der Waals surface area contributed by atoms with Crippen LogP contribution in [0.3, 0.4) is 0 Å². The fourth-order valence-corrected chi connectivity index (χ4v) is 2.17. The SMILES string of the molecule is CN=C(NCCNC(=O)c1ccccc1)NC1CC=CC1. The van der Waals surface area contributed by atoms with Crippen LogP contribution in [0.5, 0.6) is 0 Å². The lowest BCUT2D eigenvalue weighted by Gasteiger charge is -2.17. The predicted molar refractivity (Wildman–Crippen MR) is 85.4 cm³/mol. The molecular formula is C16H22N4O. The highest BCUT2D eigenvalue weighted by atomic mass is 16.1. The van der Waals surface area contributed by atoms with Crippen molar-refractivity contribution in [1.29, 1.82) is 0 Å². The van der Waals surface area contributed by atoms with E-state index in [-0.39, 0.29) is 5.91 Å². The first-order chi connectivity index (χ1) is 10.3. The van der Waals surface area contributed by atoms with Gasteiger partial charge in [0.05, 0.1) is 0 Å². The van der Waals surface area contributed by atoms with Crippen molar-refractivity contribution in [2.75, 3.05) is 20.1 Å². The second-order valence-electron chi connectivity index (χ2n) is 4.90. The summed E-state index contributed by atoms with van der Waals surface area (Å²) in [6.07, 6.45) is 6.41. The van der Waals surface area contributed by atoms with Crippen molar-refractivity contribution in [1.82, 2.24) is 16.0 Å². The minimum Gasteiger partial charge on any atom is -0.355 e. The van der Waals surface area contributed by atoms with Crippen LogP contribution in [0, 0.1) is 0 Å².